The second-order valence-electron chi connectivity index (χ2n) is 4.33. The summed E-state index contributed by atoms with van der Waals surface area (Å²) in [5.74, 6) is 0.303. The molecule has 0 unspecified atom stereocenters. The molecule has 0 aromatic carbocycles. The van der Waals surface area contributed by atoms with E-state index >= 15 is 0 Å². The summed E-state index contributed by atoms with van der Waals surface area (Å²) in [6.07, 6.45) is 1.65. The highest BCUT2D eigenvalue weighted by atomic mass is 32.1. The van der Waals surface area contributed by atoms with Gasteiger partial charge in [0.2, 0.25) is 5.91 Å². The molecule has 0 bridgehead atoms. The molecule has 0 aliphatic carbocycles. The number of pyridine rings is 1. The molecule has 1 aliphatic rings. The summed E-state index contributed by atoms with van der Waals surface area (Å²) in [4.78, 5) is 35.6. The van der Waals surface area contributed by atoms with E-state index in [1.165, 1.54) is 16.2 Å². The third-order valence-corrected chi connectivity index (χ3v) is 3.67. The molecule has 3 rings (SSSR count). The molecule has 6 nitrogen and oxygen atoms in total. The van der Waals surface area contributed by atoms with Crippen LogP contribution < -0.4 is 4.90 Å². The number of nitrogens with zero attached hydrogens (tertiary/aromatic N) is 4. The van der Waals surface area contributed by atoms with Crippen LogP contribution >= 0.6 is 11.3 Å². The maximum absolute atomic E-state index is 12.2. The minimum atomic E-state index is -0.194. The highest BCUT2D eigenvalue weighted by molar-refractivity contribution is 7.07. The maximum atomic E-state index is 12.2. The summed E-state index contributed by atoms with van der Waals surface area (Å²) in [6.45, 7) is 0.997. The average Bonchev–Trinajstić information content (AvgIpc) is 3.01. The van der Waals surface area contributed by atoms with Crippen molar-refractivity contribution in [2.75, 3.05) is 24.5 Å². The van der Waals surface area contributed by atoms with Gasteiger partial charge in [-0.2, -0.15) is 0 Å². The standard InChI is InChI=1S/C13H12N4O2S/c18-12-7-16(13(19)10-8-20-9-15-10)5-6-17(12)11-3-1-2-4-14-11/h1-4,8-9H,5-7H2. The van der Waals surface area contributed by atoms with Gasteiger partial charge in [-0.25, -0.2) is 9.97 Å². The Morgan fingerprint density at radius 3 is 2.80 bits per heavy atom. The van der Waals surface area contributed by atoms with Crippen LogP contribution in [-0.2, 0) is 4.79 Å². The number of piperazine rings is 1. The van der Waals surface area contributed by atoms with E-state index in [1.807, 2.05) is 6.07 Å². The average molecular weight is 288 g/mol. The predicted molar refractivity (Wildman–Crippen MR) is 74.6 cm³/mol. The van der Waals surface area contributed by atoms with E-state index in [-0.39, 0.29) is 18.4 Å². The molecule has 0 radical (unpaired) electrons. The summed E-state index contributed by atoms with van der Waals surface area (Å²) in [6, 6.07) is 5.42. The largest absolute Gasteiger partial charge is 0.326 e. The molecule has 102 valence electrons. The van der Waals surface area contributed by atoms with Crippen molar-refractivity contribution in [2.24, 2.45) is 0 Å². The number of amides is 2. The van der Waals surface area contributed by atoms with Crippen molar-refractivity contribution in [2.45, 2.75) is 0 Å². The van der Waals surface area contributed by atoms with Crippen molar-refractivity contribution in [1.29, 1.82) is 0 Å². The van der Waals surface area contributed by atoms with Gasteiger partial charge in [0.15, 0.2) is 0 Å². The fraction of sp³-hybridized carbons (Fsp3) is 0.231. The molecule has 1 aliphatic heterocycles. The number of hydrogen-bond donors (Lipinski definition) is 0. The minimum Gasteiger partial charge on any atom is -0.326 e. The highest BCUT2D eigenvalue weighted by Gasteiger charge is 2.29. The molecule has 0 N–H and O–H groups in total. The lowest BCUT2D eigenvalue weighted by Gasteiger charge is -2.33. The Hall–Kier alpha value is -2.28. The van der Waals surface area contributed by atoms with Crippen LogP contribution in [0, 0.1) is 0 Å². The van der Waals surface area contributed by atoms with Crippen LogP contribution in [0.25, 0.3) is 0 Å². The van der Waals surface area contributed by atoms with Crippen LogP contribution in [0.3, 0.4) is 0 Å². The predicted octanol–water partition coefficient (Wildman–Crippen LogP) is 1.03. The Kier molecular flexibility index (Phi) is 3.42. The van der Waals surface area contributed by atoms with Gasteiger partial charge in [0, 0.05) is 24.7 Å². The Labute approximate surface area is 119 Å². The lowest BCUT2D eigenvalue weighted by atomic mass is 10.2. The number of carbonyl (C=O) groups excluding carboxylic acids is 2. The molecular formula is C13H12N4O2S. The fourth-order valence-corrected chi connectivity index (χ4v) is 2.61. The lowest BCUT2D eigenvalue weighted by molar-refractivity contribution is -0.120. The summed E-state index contributed by atoms with van der Waals surface area (Å²) >= 11 is 1.37. The Morgan fingerprint density at radius 2 is 2.15 bits per heavy atom. The molecule has 7 heteroatoms. The molecule has 1 saturated heterocycles. The van der Waals surface area contributed by atoms with E-state index < -0.39 is 0 Å². The number of hydrogen-bond acceptors (Lipinski definition) is 5. The van der Waals surface area contributed by atoms with Gasteiger partial charge >= 0.3 is 0 Å². The van der Waals surface area contributed by atoms with Crippen molar-refractivity contribution in [3.05, 3.63) is 41.0 Å². The fourth-order valence-electron chi connectivity index (χ4n) is 2.08. The minimum absolute atomic E-state index is 0.0624. The number of carbonyl (C=O) groups is 2. The normalized spacial score (nSPS) is 15.5. The SMILES string of the molecule is O=C(c1cscn1)N1CCN(c2ccccn2)C(=O)C1. The quantitative estimate of drug-likeness (QED) is 0.827. The molecule has 3 heterocycles. The molecule has 0 atom stereocenters. The van der Waals surface area contributed by atoms with Gasteiger partial charge in [-0.3, -0.25) is 14.5 Å². The number of anilines is 1. The first-order chi connectivity index (χ1) is 9.75. The van der Waals surface area contributed by atoms with E-state index in [2.05, 4.69) is 9.97 Å². The van der Waals surface area contributed by atoms with Gasteiger partial charge in [0.05, 0.1) is 5.51 Å². The molecule has 0 saturated carbocycles. The molecule has 2 aromatic heterocycles. The zero-order valence-electron chi connectivity index (χ0n) is 10.6. The van der Waals surface area contributed by atoms with Crippen LogP contribution in [0.15, 0.2) is 35.3 Å². The van der Waals surface area contributed by atoms with Gasteiger partial charge < -0.3 is 4.90 Å². The monoisotopic (exact) mass is 288 g/mol. The zero-order chi connectivity index (χ0) is 13.9. The lowest BCUT2D eigenvalue weighted by Crippen LogP contribution is -2.52. The van der Waals surface area contributed by atoms with E-state index in [0.717, 1.165) is 0 Å². The first kappa shape index (κ1) is 12.7. The third kappa shape index (κ3) is 2.39. The topological polar surface area (TPSA) is 66.4 Å². The zero-order valence-corrected chi connectivity index (χ0v) is 11.4. The van der Waals surface area contributed by atoms with Crippen LogP contribution in [0.5, 0.6) is 0 Å². The summed E-state index contributed by atoms with van der Waals surface area (Å²) in [5.41, 5.74) is 2.01. The molecule has 2 amide bonds. The van der Waals surface area contributed by atoms with Gasteiger partial charge in [-0.05, 0) is 12.1 Å². The maximum Gasteiger partial charge on any atom is 0.273 e. The highest BCUT2D eigenvalue weighted by Crippen LogP contribution is 2.15. The van der Waals surface area contributed by atoms with Crippen molar-refractivity contribution in [3.63, 3.8) is 0 Å². The van der Waals surface area contributed by atoms with Crippen LogP contribution in [0.4, 0.5) is 5.82 Å². The summed E-state index contributed by atoms with van der Waals surface area (Å²) in [5, 5.41) is 1.69. The van der Waals surface area contributed by atoms with Crippen LogP contribution in [-0.4, -0.2) is 46.3 Å². The second kappa shape index (κ2) is 5.38. The van der Waals surface area contributed by atoms with Gasteiger partial charge in [-0.15, -0.1) is 11.3 Å². The van der Waals surface area contributed by atoms with Gasteiger partial charge in [-0.1, -0.05) is 6.07 Å². The van der Waals surface area contributed by atoms with Gasteiger partial charge in [0.25, 0.3) is 5.91 Å². The number of aromatic nitrogens is 2. The van der Waals surface area contributed by atoms with E-state index in [9.17, 15) is 9.59 Å². The smallest absolute Gasteiger partial charge is 0.273 e. The van der Waals surface area contributed by atoms with Crippen LogP contribution in [0.2, 0.25) is 0 Å². The molecule has 2 aromatic rings. The first-order valence-electron chi connectivity index (χ1n) is 6.14. The molecule has 1 fully saturated rings. The van der Waals surface area contributed by atoms with Gasteiger partial charge in [0.1, 0.15) is 18.1 Å². The number of rotatable bonds is 2. The third-order valence-electron chi connectivity index (χ3n) is 3.09. The van der Waals surface area contributed by atoms with Crippen molar-refractivity contribution in [1.82, 2.24) is 14.9 Å². The Bertz CT molecular complexity index is 615. The second-order valence-corrected chi connectivity index (χ2v) is 5.05. The van der Waals surface area contributed by atoms with E-state index in [1.54, 1.807) is 34.1 Å². The summed E-state index contributed by atoms with van der Waals surface area (Å²) in [7, 11) is 0. The molecule has 20 heavy (non-hydrogen) atoms. The summed E-state index contributed by atoms with van der Waals surface area (Å²) < 4.78 is 0. The Balaban J connectivity index is 1.71. The number of thiazole rings is 1. The van der Waals surface area contributed by atoms with Crippen molar-refractivity contribution in [3.8, 4) is 0 Å². The van der Waals surface area contributed by atoms with E-state index in [4.69, 9.17) is 0 Å². The molecule has 0 spiro atoms. The van der Waals surface area contributed by atoms with Crippen molar-refractivity contribution >= 4 is 29.0 Å². The van der Waals surface area contributed by atoms with Crippen molar-refractivity contribution < 1.29 is 9.59 Å². The first-order valence-corrected chi connectivity index (χ1v) is 7.09. The van der Waals surface area contributed by atoms with Crippen LogP contribution in [0.1, 0.15) is 10.5 Å². The van der Waals surface area contributed by atoms with E-state index in [0.29, 0.717) is 24.6 Å². The molecular weight excluding hydrogens is 276 g/mol. The Morgan fingerprint density at radius 1 is 1.25 bits per heavy atom.